The van der Waals surface area contributed by atoms with Crippen LogP contribution in [-0.2, 0) is 6.42 Å². The molecule has 1 aromatic heterocycles. The Balaban J connectivity index is 2.36. The Morgan fingerprint density at radius 2 is 2.38 bits per heavy atom. The van der Waals surface area contributed by atoms with Crippen molar-refractivity contribution < 1.29 is 14.1 Å². The molecule has 4 nitrogen and oxygen atoms in total. The van der Waals surface area contributed by atoms with Crippen molar-refractivity contribution in [1.29, 1.82) is 0 Å². The number of ether oxygens (including phenoxy) is 1. The van der Waals surface area contributed by atoms with Crippen molar-refractivity contribution in [1.82, 2.24) is 5.16 Å². The van der Waals surface area contributed by atoms with E-state index in [1.165, 1.54) is 0 Å². The Kier molecular flexibility index (Phi) is 2.04. The molecule has 0 N–H and O–H groups in total. The summed E-state index contributed by atoms with van der Waals surface area (Å²) in [6.45, 7) is 2.43. The van der Waals surface area contributed by atoms with E-state index in [-0.39, 0.29) is 5.78 Å². The quantitative estimate of drug-likeness (QED) is 0.695. The number of carbonyl (C=O) groups is 1. The van der Waals surface area contributed by atoms with Crippen molar-refractivity contribution in [3.8, 4) is 5.88 Å². The molecule has 0 saturated carbocycles. The van der Waals surface area contributed by atoms with E-state index in [1.54, 1.807) is 0 Å². The number of rotatable bonds is 2. The van der Waals surface area contributed by atoms with Crippen molar-refractivity contribution in [2.75, 3.05) is 6.61 Å². The first kappa shape index (κ1) is 8.29. The molecule has 0 aliphatic heterocycles. The molecule has 13 heavy (non-hydrogen) atoms. The Morgan fingerprint density at radius 1 is 1.54 bits per heavy atom. The van der Waals surface area contributed by atoms with Crippen LogP contribution in [0.15, 0.2) is 4.52 Å². The van der Waals surface area contributed by atoms with Gasteiger partial charge >= 0.3 is 0 Å². The van der Waals surface area contributed by atoms with E-state index in [2.05, 4.69) is 5.16 Å². The van der Waals surface area contributed by atoms with E-state index in [1.807, 2.05) is 6.92 Å². The van der Waals surface area contributed by atoms with Crippen LogP contribution < -0.4 is 4.74 Å². The Morgan fingerprint density at radius 3 is 3.15 bits per heavy atom. The second-order valence-electron chi connectivity index (χ2n) is 3.01. The van der Waals surface area contributed by atoms with Gasteiger partial charge in [0.1, 0.15) is 0 Å². The van der Waals surface area contributed by atoms with Crippen molar-refractivity contribution in [2.45, 2.75) is 26.2 Å². The zero-order valence-electron chi connectivity index (χ0n) is 7.50. The first-order valence-electron chi connectivity index (χ1n) is 4.47. The molecule has 0 atom stereocenters. The number of carbonyl (C=O) groups excluding carboxylic acids is 1. The predicted octanol–water partition coefficient (Wildman–Crippen LogP) is 1.59. The average molecular weight is 181 g/mol. The SMILES string of the molecule is CCOc1noc2c1CCCC2=O. The lowest BCUT2D eigenvalue weighted by Crippen LogP contribution is -2.09. The second kappa shape index (κ2) is 3.20. The van der Waals surface area contributed by atoms with Gasteiger partial charge < -0.3 is 9.26 Å². The molecule has 0 unspecified atom stereocenters. The summed E-state index contributed by atoms with van der Waals surface area (Å²) in [7, 11) is 0. The number of hydrogen-bond donors (Lipinski definition) is 0. The third kappa shape index (κ3) is 1.32. The maximum atomic E-state index is 11.3. The average Bonchev–Trinajstić information content (AvgIpc) is 2.51. The molecule has 1 aliphatic rings. The standard InChI is InChI=1S/C9H11NO3/c1-2-12-9-6-4-3-5-7(11)8(6)13-10-9/h2-5H2,1H3. The molecule has 0 radical (unpaired) electrons. The monoisotopic (exact) mass is 181 g/mol. The molecule has 4 heteroatoms. The van der Waals surface area contributed by atoms with Crippen LogP contribution in [0.1, 0.15) is 35.9 Å². The van der Waals surface area contributed by atoms with Gasteiger partial charge in [0, 0.05) is 6.42 Å². The molecule has 0 spiro atoms. The van der Waals surface area contributed by atoms with Gasteiger partial charge in [0.05, 0.1) is 12.2 Å². The van der Waals surface area contributed by atoms with Crippen molar-refractivity contribution in [3.05, 3.63) is 11.3 Å². The highest BCUT2D eigenvalue weighted by Gasteiger charge is 2.26. The van der Waals surface area contributed by atoms with E-state index >= 15 is 0 Å². The molecular formula is C9H11NO3. The fourth-order valence-electron chi connectivity index (χ4n) is 1.52. The highest BCUT2D eigenvalue weighted by Crippen LogP contribution is 2.28. The van der Waals surface area contributed by atoms with E-state index in [0.717, 1.165) is 18.4 Å². The summed E-state index contributed by atoms with van der Waals surface area (Å²) in [4.78, 5) is 11.3. The van der Waals surface area contributed by atoms with Crippen LogP contribution >= 0.6 is 0 Å². The third-order valence-electron chi connectivity index (χ3n) is 2.12. The number of hydrogen-bond acceptors (Lipinski definition) is 4. The van der Waals surface area contributed by atoms with Crippen LogP contribution in [0, 0.1) is 0 Å². The number of Topliss-reactive ketones (excluding diaryl/α,β-unsaturated/α-hetero) is 1. The summed E-state index contributed by atoms with van der Waals surface area (Å²) in [5, 5.41) is 3.72. The second-order valence-corrected chi connectivity index (χ2v) is 3.01. The fraction of sp³-hybridized carbons (Fsp3) is 0.556. The highest BCUT2D eigenvalue weighted by molar-refractivity contribution is 5.96. The zero-order chi connectivity index (χ0) is 9.26. The van der Waals surface area contributed by atoms with Gasteiger partial charge in [-0.15, -0.1) is 0 Å². The molecule has 0 fully saturated rings. The molecule has 0 aromatic carbocycles. The van der Waals surface area contributed by atoms with Gasteiger partial charge in [-0.25, -0.2) is 0 Å². The summed E-state index contributed by atoms with van der Waals surface area (Å²) >= 11 is 0. The smallest absolute Gasteiger partial charge is 0.258 e. The summed E-state index contributed by atoms with van der Waals surface area (Å²) in [5.74, 6) is 0.931. The normalized spacial score (nSPS) is 15.6. The van der Waals surface area contributed by atoms with Crippen LogP contribution in [0.25, 0.3) is 0 Å². The highest BCUT2D eigenvalue weighted by atomic mass is 16.5. The molecule has 70 valence electrons. The minimum absolute atomic E-state index is 0.0414. The van der Waals surface area contributed by atoms with Gasteiger partial charge in [0.15, 0.2) is 0 Å². The molecule has 0 amide bonds. The lowest BCUT2D eigenvalue weighted by molar-refractivity contribution is 0.0934. The zero-order valence-corrected chi connectivity index (χ0v) is 7.50. The van der Waals surface area contributed by atoms with Crippen molar-refractivity contribution in [2.24, 2.45) is 0 Å². The van der Waals surface area contributed by atoms with E-state index in [9.17, 15) is 4.79 Å². The van der Waals surface area contributed by atoms with Gasteiger partial charge in [-0.05, 0) is 24.9 Å². The van der Waals surface area contributed by atoms with E-state index in [4.69, 9.17) is 9.26 Å². The molecule has 1 heterocycles. The lowest BCUT2D eigenvalue weighted by atomic mass is 9.97. The minimum Gasteiger partial charge on any atom is -0.476 e. The number of aromatic nitrogens is 1. The Bertz CT molecular complexity index is 330. The largest absolute Gasteiger partial charge is 0.476 e. The number of nitrogens with zero attached hydrogens (tertiary/aromatic N) is 1. The lowest BCUT2D eigenvalue weighted by Gasteiger charge is -2.07. The van der Waals surface area contributed by atoms with Crippen LogP contribution in [0.2, 0.25) is 0 Å². The van der Waals surface area contributed by atoms with E-state index in [0.29, 0.717) is 24.7 Å². The maximum Gasteiger partial charge on any atom is 0.258 e. The molecule has 2 rings (SSSR count). The van der Waals surface area contributed by atoms with Gasteiger partial charge in [0.25, 0.3) is 5.88 Å². The van der Waals surface area contributed by atoms with Crippen LogP contribution in [0.5, 0.6) is 5.88 Å². The fourth-order valence-corrected chi connectivity index (χ4v) is 1.52. The summed E-state index contributed by atoms with van der Waals surface area (Å²) in [5.41, 5.74) is 0.845. The van der Waals surface area contributed by atoms with Gasteiger partial charge in [-0.3, -0.25) is 4.79 Å². The number of fused-ring (bicyclic) bond motifs is 1. The first-order chi connectivity index (χ1) is 6.33. The molecular weight excluding hydrogens is 170 g/mol. The topological polar surface area (TPSA) is 52.3 Å². The third-order valence-corrected chi connectivity index (χ3v) is 2.12. The summed E-state index contributed by atoms with van der Waals surface area (Å²) < 4.78 is 10.2. The molecule has 0 bridgehead atoms. The Labute approximate surface area is 75.9 Å². The van der Waals surface area contributed by atoms with Crippen LogP contribution in [-0.4, -0.2) is 17.5 Å². The molecule has 1 aromatic rings. The maximum absolute atomic E-state index is 11.3. The van der Waals surface area contributed by atoms with Crippen molar-refractivity contribution >= 4 is 5.78 Å². The predicted molar refractivity (Wildman–Crippen MR) is 44.9 cm³/mol. The summed E-state index contributed by atoms with van der Waals surface area (Å²) in [6.07, 6.45) is 2.26. The van der Waals surface area contributed by atoms with E-state index < -0.39 is 0 Å². The van der Waals surface area contributed by atoms with Crippen molar-refractivity contribution in [3.63, 3.8) is 0 Å². The van der Waals surface area contributed by atoms with Crippen LogP contribution in [0.3, 0.4) is 0 Å². The Hall–Kier alpha value is -1.32. The first-order valence-corrected chi connectivity index (χ1v) is 4.47. The van der Waals surface area contributed by atoms with Gasteiger partial charge in [-0.1, -0.05) is 0 Å². The van der Waals surface area contributed by atoms with Crippen LogP contribution in [0.4, 0.5) is 0 Å². The molecule has 1 aliphatic carbocycles. The number of ketones is 1. The van der Waals surface area contributed by atoms with Gasteiger partial charge in [0.2, 0.25) is 11.5 Å². The molecule has 0 saturated heterocycles. The summed E-state index contributed by atoms with van der Waals surface area (Å²) in [6, 6.07) is 0. The minimum atomic E-state index is 0.0414. The van der Waals surface area contributed by atoms with Gasteiger partial charge in [-0.2, -0.15) is 0 Å².